The second kappa shape index (κ2) is 7.58. The molecule has 0 aliphatic carbocycles. The van der Waals surface area contributed by atoms with E-state index in [2.05, 4.69) is 24.8 Å². The van der Waals surface area contributed by atoms with Gasteiger partial charge in [0.15, 0.2) is 11.5 Å². The minimum absolute atomic E-state index is 0.211. The van der Waals surface area contributed by atoms with E-state index in [0.717, 1.165) is 45.8 Å². The highest BCUT2D eigenvalue weighted by molar-refractivity contribution is 7.99. The summed E-state index contributed by atoms with van der Waals surface area (Å²) in [6.45, 7) is 7.50. The van der Waals surface area contributed by atoms with Crippen LogP contribution in [0.5, 0.6) is 11.5 Å². The summed E-state index contributed by atoms with van der Waals surface area (Å²) in [4.78, 5) is 19.7. The molecule has 0 spiro atoms. The Labute approximate surface area is 164 Å². The van der Waals surface area contributed by atoms with E-state index < -0.39 is 0 Å². The van der Waals surface area contributed by atoms with Gasteiger partial charge in [-0.1, -0.05) is 11.8 Å². The maximum Gasteiger partial charge on any atom is 0.233 e. The number of hydrogen-bond acceptors (Lipinski definition) is 5. The van der Waals surface area contributed by atoms with Crippen molar-refractivity contribution < 1.29 is 14.3 Å². The average Bonchev–Trinajstić information content (AvgIpc) is 2.64. The molecule has 2 atom stereocenters. The van der Waals surface area contributed by atoms with Gasteiger partial charge in [0.1, 0.15) is 18.2 Å². The Morgan fingerprint density at radius 1 is 1.15 bits per heavy atom. The Morgan fingerprint density at radius 3 is 2.52 bits per heavy atom. The average molecular weight is 387 g/mol. The quantitative estimate of drug-likeness (QED) is 0.740. The molecular formula is C21H26N2O3S. The van der Waals surface area contributed by atoms with Crippen LogP contribution in [0.25, 0.3) is 10.9 Å². The maximum absolute atomic E-state index is 12.8. The Kier molecular flexibility index (Phi) is 5.17. The van der Waals surface area contributed by atoms with Gasteiger partial charge in [-0.2, -0.15) is 0 Å². The molecule has 1 saturated heterocycles. The molecule has 2 aromatic rings. The summed E-state index contributed by atoms with van der Waals surface area (Å²) in [6, 6.07) is 6.69. The van der Waals surface area contributed by atoms with E-state index in [0.29, 0.717) is 31.1 Å². The Bertz CT molecular complexity index is 860. The lowest BCUT2D eigenvalue weighted by atomic mass is 9.98. The molecule has 0 unspecified atom stereocenters. The fourth-order valence-corrected chi connectivity index (χ4v) is 4.92. The Hall–Kier alpha value is -1.95. The first-order valence-corrected chi connectivity index (χ1v) is 10.7. The van der Waals surface area contributed by atoms with Crippen LogP contribution in [0.4, 0.5) is 0 Å². The lowest BCUT2D eigenvalue weighted by Crippen LogP contribution is -2.48. The third-order valence-electron chi connectivity index (χ3n) is 5.44. The predicted octanol–water partition coefficient (Wildman–Crippen LogP) is 4.20. The predicted molar refractivity (Wildman–Crippen MR) is 108 cm³/mol. The standard InChI is InChI=1S/C21H26N2O3S/c1-13-9-16-10-18-19(26-8-7-25-18)11-17(16)22-21(13)27-12-20(24)23-14(2)5-4-6-15(23)3/h9-11,14-15H,4-8,12H2,1-3H3/t14-,15-/m1/s1. The van der Waals surface area contributed by atoms with Crippen LogP contribution < -0.4 is 9.47 Å². The highest BCUT2D eigenvalue weighted by atomic mass is 32.2. The van der Waals surface area contributed by atoms with Crippen molar-refractivity contribution in [3.05, 3.63) is 23.8 Å². The van der Waals surface area contributed by atoms with Gasteiger partial charge in [0, 0.05) is 23.5 Å². The fourth-order valence-electron chi connectivity index (χ4n) is 4.06. The molecule has 3 heterocycles. The van der Waals surface area contributed by atoms with Gasteiger partial charge in [-0.3, -0.25) is 4.79 Å². The summed E-state index contributed by atoms with van der Waals surface area (Å²) >= 11 is 1.53. The summed E-state index contributed by atoms with van der Waals surface area (Å²) in [5.74, 6) is 2.16. The molecule has 0 saturated carbocycles. The van der Waals surface area contributed by atoms with Crippen LogP contribution in [0.3, 0.4) is 0 Å². The van der Waals surface area contributed by atoms with E-state index in [-0.39, 0.29) is 5.91 Å². The van der Waals surface area contributed by atoms with E-state index in [9.17, 15) is 4.79 Å². The summed E-state index contributed by atoms with van der Waals surface area (Å²) in [5, 5.41) is 1.94. The van der Waals surface area contributed by atoms with E-state index in [4.69, 9.17) is 14.5 Å². The number of ether oxygens (including phenoxy) is 2. The second-order valence-electron chi connectivity index (χ2n) is 7.52. The van der Waals surface area contributed by atoms with Gasteiger partial charge in [-0.05, 0) is 57.7 Å². The first-order valence-electron chi connectivity index (χ1n) is 9.68. The van der Waals surface area contributed by atoms with Crippen LogP contribution in [0.15, 0.2) is 23.2 Å². The van der Waals surface area contributed by atoms with Crippen LogP contribution in [0.1, 0.15) is 38.7 Å². The van der Waals surface area contributed by atoms with Gasteiger partial charge in [-0.25, -0.2) is 4.98 Å². The van der Waals surface area contributed by atoms with E-state index in [1.165, 1.54) is 18.2 Å². The van der Waals surface area contributed by atoms with Gasteiger partial charge >= 0.3 is 0 Å². The SMILES string of the molecule is Cc1cc2cc3c(cc2nc1SCC(=O)N1[C@H](C)CCC[C@H]1C)OCCO3. The minimum Gasteiger partial charge on any atom is -0.486 e. The van der Waals surface area contributed by atoms with Crippen molar-refractivity contribution in [2.75, 3.05) is 19.0 Å². The number of pyridine rings is 1. The van der Waals surface area contributed by atoms with E-state index >= 15 is 0 Å². The second-order valence-corrected chi connectivity index (χ2v) is 8.48. The van der Waals surface area contributed by atoms with Crippen molar-refractivity contribution in [2.45, 2.75) is 57.1 Å². The van der Waals surface area contributed by atoms with Crippen molar-refractivity contribution >= 4 is 28.6 Å². The number of fused-ring (bicyclic) bond motifs is 2. The van der Waals surface area contributed by atoms with Crippen molar-refractivity contribution in [1.82, 2.24) is 9.88 Å². The van der Waals surface area contributed by atoms with Crippen molar-refractivity contribution in [3.63, 3.8) is 0 Å². The number of carbonyl (C=O) groups excluding carboxylic acids is 1. The zero-order valence-electron chi connectivity index (χ0n) is 16.2. The zero-order chi connectivity index (χ0) is 19.0. The molecule has 5 nitrogen and oxygen atoms in total. The lowest BCUT2D eigenvalue weighted by Gasteiger charge is -2.39. The van der Waals surface area contributed by atoms with Crippen molar-refractivity contribution in [3.8, 4) is 11.5 Å². The summed E-state index contributed by atoms with van der Waals surface area (Å²) in [5.41, 5.74) is 1.95. The van der Waals surface area contributed by atoms with E-state index in [1.54, 1.807) is 0 Å². The number of aromatic nitrogens is 1. The molecule has 6 heteroatoms. The number of benzene rings is 1. The van der Waals surface area contributed by atoms with Gasteiger partial charge in [0.05, 0.1) is 11.3 Å². The maximum atomic E-state index is 12.8. The van der Waals surface area contributed by atoms with Crippen LogP contribution in [0, 0.1) is 6.92 Å². The summed E-state index contributed by atoms with van der Waals surface area (Å²) < 4.78 is 11.3. The smallest absolute Gasteiger partial charge is 0.233 e. The van der Waals surface area contributed by atoms with Crippen molar-refractivity contribution in [1.29, 1.82) is 0 Å². The number of rotatable bonds is 3. The summed E-state index contributed by atoms with van der Waals surface area (Å²) in [7, 11) is 0. The molecule has 0 bridgehead atoms. The largest absolute Gasteiger partial charge is 0.486 e. The molecule has 2 aliphatic rings. The number of carbonyl (C=O) groups is 1. The topological polar surface area (TPSA) is 51.7 Å². The van der Waals surface area contributed by atoms with Crippen LogP contribution in [0.2, 0.25) is 0 Å². The number of nitrogens with zero attached hydrogens (tertiary/aromatic N) is 2. The van der Waals surface area contributed by atoms with Crippen LogP contribution in [-0.2, 0) is 4.79 Å². The van der Waals surface area contributed by atoms with Crippen LogP contribution >= 0.6 is 11.8 Å². The molecule has 0 N–H and O–H groups in total. The summed E-state index contributed by atoms with van der Waals surface area (Å²) in [6.07, 6.45) is 3.41. The van der Waals surface area contributed by atoms with Crippen molar-refractivity contribution in [2.24, 2.45) is 0 Å². The zero-order valence-corrected chi connectivity index (χ0v) is 17.0. The number of likely N-dealkylation sites (tertiary alicyclic amines) is 1. The molecule has 144 valence electrons. The van der Waals surface area contributed by atoms with E-state index in [1.807, 2.05) is 19.1 Å². The molecule has 1 amide bonds. The molecule has 1 aromatic heterocycles. The van der Waals surface area contributed by atoms with Gasteiger partial charge in [0.2, 0.25) is 5.91 Å². The molecule has 1 fully saturated rings. The molecule has 1 aromatic carbocycles. The highest BCUT2D eigenvalue weighted by Crippen LogP contribution is 2.36. The molecular weight excluding hydrogens is 360 g/mol. The lowest BCUT2D eigenvalue weighted by molar-refractivity contribution is -0.134. The first kappa shape index (κ1) is 18.4. The highest BCUT2D eigenvalue weighted by Gasteiger charge is 2.28. The Morgan fingerprint density at radius 2 is 1.81 bits per heavy atom. The Balaban J connectivity index is 1.53. The minimum atomic E-state index is 0.211. The molecule has 27 heavy (non-hydrogen) atoms. The number of aryl methyl sites for hydroxylation is 1. The van der Waals surface area contributed by atoms with Crippen LogP contribution in [-0.4, -0.2) is 46.8 Å². The third-order valence-corrected chi connectivity index (χ3v) is 6.51. The number of amides is 1. The number of hydrogen-bond donors (Lipinski definition) is 0. The normalized spacial score (nSPS) is 22.1. The first-order chi connectivity index (χ1) is 13.0. The number of piperidine rings is 1. The third kappa shape index (κ3) is 3.72. The van der Waals surface area contributed by atoms with Gasteiger partial charge in [-0.15, -0.1) is 0 Å². The number of thioether (sulfide) groups is 1. The van der Waals surface area contributed by atoms with Gasteiger partial charge < -0.3 is 14.4 Å². The monoisotopic (exact) mass is 386 g/mol. The molecule has 2 aliphatic heterocycles. The molecule has 0 radical (unpaired) electrons. The van der Waals surface area contributed by atoms with Gasteiger partial charge in [0.25, 0.3) is 0 Å². The molecule has 4 rings (SSSR count). The fraction of sp³-hybridized carbons (Fsp3) is 0.524.